The summed E-state index contributed by atoms with van der Waals surface area (Å²) in [4.78, 5) is 15.1. The quantitative estimate of drug-likeness (QED) is 0.700. The standard InChI is InChI=1S/C23H31N3O3S/c1-5-25(6-2)16-20-10-8-7-9-19(20)15-24-23(27)18-11-12-22-21(14-18)13-17(3)26(22)30(4,28)29/h7-12,14,17H,5-6,13,15-16H2,1-4H3,(H,24,27)/t17-/m1/s1. The fourth-order valence-corrected chi connectivity index (χ4v) is 5.36. The molecule has 7 heteroatoms. The van der Waals surface area contributed by atoms with Gasteiger partial charge in [-0.15, -0.1) is 0 Å². The first-order valence-corrected chi connectivity index (χ1v) is 12.3. The first-order chi connectivity index (χ1) is 14.2. The lowest BCUT2D eigenvalue weighted by atomic mass is 10.1. The number of anilines is 1. The first-order valence-electron chi connectivity index (χ1n) is 10.4. The molecular weight excluding hydrogens is 398 g/mol. The van der Waals surface area contributed by atoms with E-state index in [9.17, 15) is 13.2 Å². The number of nitrogens with one attached hydrogen (secondary N) is 1. The Bertz CT molecular complexity index is 1020. The molecule has 0 spiro atoms. The van der Waals surface area contributed by atoms with Crippen LogP contribution >= 0.6 is 0 Å². The molecule has 0 aromatic heterocycles. The lowest BCUT2D eigenvalue weighted by Gasteiger charge is -2.22. The van der Waals surface area contributed by atoms with Crippen molar-refractivity contribution in [3.05, 3.63) is 64.7 Å². The van der Waals surface area contributed by atoms with Gasteiger partial charge >= 0.3 is 0 Å². The third-order valence-electron chi connectivity index (χ3n) is 5.70. The van der Waals surface area contributed by atoms with Crippen LogP contribution in [0.3, 0.4) is 0 Å². The summed E-state index contributed by atoms with van der Waals surface area (Å²) in [6.45, 7) is 9.45. The first kappa shape index (κ1) is 22.3. The molecule has 162 valence electrons. The normalized spacial score (nSPS) is 16.0. The van der Waals surface area contributed by atoms with Gasteiger partial charge in [0.05, 0.1) is 11.9 Å². The van der Waals surface area contributed by atoms with Gasteiger partial charge in [0.25, 0.3) is 5.91 Å². The minimum atomic E-state index is -3.33. The van der Waals surface area contributed by atoms with Crippen LogP contribution in [0.25, 0.3) is 0 Å². The van der Waals surface area contributed by atoms with E-state index in [0.717, 1.165) is 30.8 Å². The van der Waals surface area contributed by atoms with Crippen LogP contribution in [-0.2, 0) is 29.5 Å². The van der Waals surface area contributed by atoms with Gasteiger partial charge in [-0.3, -0.25) is 14.0 Å². The fourth-order valence-electron chi connectivity index (χ4n) is 4.10. The summed E-state index contributed by atoms with van der Waals surface area (Å²) < 4.78 is 25.6. The summed E-state index contributed by atoms with van der Waals surface area (Å²) in [5.74, 6) is -0.152. The van der Waals surface area contributed by atoms with E-state index in [1.54, 1.807) is 12.1 Å². The van der Waals surface area contributed by atoms with E-state index in [1.165, 1.54) is 16.1 Å². The van der Waals surface area contributed by atoms with Crippen LogP contribution in [-0.4, -0.2) is 44.6 Å². The van der Waals surface area contributed by atoms with Crippen molar-refractivity contribution in [2.75, 3.05) is 23.7 Å². The second-order valence-corrected chi connectivity index (χ2v) is 9.73. The van der Waals surface area contributed by atoms with E-state index in [4.69, 9.17) is 0 Å². The predicted octanol–water partition coefficient (Wildman–Crippen LogP) is 3.17. The third kappa shape index (κ3) is 4.84. The van der Waals surface area contributed by atoms with E-state index >= 15 is 0 Å². The Balaban J connectivity index is 1.72. The zero-order chi connectivity index (χ0) is 21.9. The Kier molecular flexibility index (Phi) is 6.83. The van der Waals surface area contributed by atoms with E-state index in [-0.39, 0.29) is 11.9 Å². The van der Waals surface area contributed by atoms with Crippen LogP contribution in [0.2, 0.25) is 0 Å². The second-order valence-electron chi connectivity index (χ2n) is 7.87. The van der Waals surface area contributed by atoms with Gasteiger partial charge in [0.15, 0.2) is 0 Å². The number of hydrogen-bond donors (Lipinski definition) is 1. The average molecular weight is 430 g/mol. The molecule has 30 heavy (non-hydrogen) atoms. The van der Waals surface area contributed by atoms with Gasteiger partial charge in [0, 0.05) is 24.7 Å². The van der Waals surface area contributed by atoms with Crippen LogP contribution in [0.15, 0.2) is 42.5 Å². The van der Waals surface area contributed by atoms with E-state index in [1.807, 2.05) is 31.2 Å². The molecule has 0 saturated carbocycles. The average Bonchev–Trinajstić information content (AvgIpc) is 3.06. The second kappa shape index (κ2) is 9.18. The van der Waals surface area contributed by atoms with Crippen molar-refractivity contribution in [3.63, 3.8) is 0 Å². The Morgan fingerprint density at radius 2 is 1.80 bits per heavy atom. The fraction of sp³-hybridized carbons (Fsp3) is 0.435. The van der Waals surface area contributed by atoms with Gasteiger partial charge in [-0.25, -0.2) is 8.42 Å². The van der Waals surface area contributed by atoms with Crippen molar-refractivity contribution in [3.8, 4) is 0 Å². The third-order valence-corrected chi connectivity index (χ3v) is 6.97. The highest BCUT2D eigenvalue weighted by Crippen LogP contribution is 2.34. The molecule has 1 aliphatic rings. The largest absolute Gasteiger partial charge is 0.348 e. The number of fused-ring (bicyclic) bond motifs is 1. The highest BCUT2D eigenvalue weighted by Gasteiger charge is 2.32. The number of carbonyl (C=O) groups is 1. The van der Waals surface area contributed by atoms with Crippen molar-refractivity contribution in [2.45, 2.75) is 46.3 Å². The summed E-state index contributed by atoms with van der Waals surface area (Å²) in [5.41, 5.74) is 4.44. The molecule has 0 bridgehead atoms. The lowest BCUT2D eigenvalue weighted by Crippen LogP contribution is -2.34. The van der Waals surface area contributed by atoms with Gasteiger partial charge in [0.2, 0.25) is 10.0 Å². The number of rotatable bonds is 8. The molecule has 0 saturated heterocycles. The molecule has 1 aliphatic heterocycles. The van der Waals surface area contributed by atoms with Gasteiger partial charge < -0.3 is 5.32 Å². The van der Waals surface area contributed by atoms with Crippen LogP contribution in [0.5, 0.6) is 0 Å². The maximum Gasteiger partial charge on any atom is 0.251 e. The lowest BCUT2D eigenvalue weighted by molar-refractivity contribution is 0.0950. The molecule has 1 heterocycles. The summed E-state index contributed by atoms with van der Waals surface area (Å²) in [5, 5.41) is 3.02. The smallest absolute Gasteiger partial charge is 0.251 e. The molecule has 0 unspecified atom stereocenters. The summed E-state index contributed by atoms with van der Waals surface area (Å²) in [6, 6.07) is 13.3. The van der Waals surface area contributed by atoms with E-state index < -0.39 is 10.0 Å². The number of nitrogens with zero attached hydrogens (tertiary/aromatic N) is 2. The highest BCUT2D eigenvalue weighted by atomic mass is 32.2. The Hall–Kier alpha value is -2.38. The minimum Gasteiger partial charge on any atom is -0.348 e. The zero-order valence-corrected chi connectivity index (χ0v) is 19.0. The molecule has 0 aliphatic carbocycles. The van der Waals surface area contributed by atoms with Crippen LogP contribution in [0.4, 0.5) is 5.69 Å². The topological polar surface area (TPSA) is 69.7 Å². The Morgan fingerprint density at radius 3 is 2.43 bits per heavy atom. The highest BCUT2D eigenvalue weighted by molar-refractivity contribution is 7.92. The molecular formula is C23H31N3O3S. The molecule has 1 N–H and O–H groups in total. The van der Waals surface area contributed by atoms with Gasteiger partial charge in [0.1, 0.15) is 0 Å². The van der Waals surface area contributed by atoms with Crippen LogP contribution in [0, 0.1) is 0 Å². The predicted molar refractivity (Wildman–Crippen MR) is 121 cm³/mol. The van der Waals surface area contributed by atoms with Crippen molar-refractivity contribution in [1.82, 2.24) is 10.2 Å². The molecule has 0 fully saturated rings. The number of sulfonamides is 1. The maximum atomic E-state index is 12.8. The van der Waals surface area contributed by atoms with Crippen molar-refractivity contribution < 1.29 is 13.2 Å². The zero-order valence-electron chi connectivity index (χ0n) is 18.2. The number of carbonyl (C=O) groups excluding carboxylic acids is 1. The number of amides is 1. The summed E-state index contributed by atoms with van der Waals surface area (Å²) >= 11 is 0. The van der Waals surface area contributed by atoms with Crippen LogP contribution in [0.1, 0.15) is 47.8 Å². The van der Waals surface area contributed by atoms with Crippen molar-refractivity contribution in [2.24, 2.45) is 0 Å². The van der Waals surface area contributed by atoms with E-state index in [0.29, 0.717) is 24.2 Å². The maximum absolute atomic E-state index is 12.8. The molecule has 3 rings (SSSR count). The van der Waals surface area contributed by atoms with Crippen LogP contribution < -0.4 is 9.62 Å². The van der Waals surface area contributed by atoms with Crippen molar-refractivity contribution in [1.29, 1.82) is 0 Å². The van der Waals surface area contributed by atoms with Gasteiger partial charge in [-0.05, 0) is 61.3 Å². The summed E-state index contributed by atoms with van der Waals surface area (Å²) in [7, 11) is -3.33. The molecule has 2 aromatic carbocycles. The molecule has 1 atom stereocenters. The molecule has 6 nitrogen and oxygen atoms in total. The molecule has 1 amide bonds. The molecule has 0 radical (unpaired) electrons. The Labute approximate surface area is 179 Å². The number of benzene rings is 2. The Morgan fingerprint density at radius 1 is 1.13 bits per heavy atom. The summed E-state index contributed by atoms with van der Waals surface area (Å²) in [6.07, 6.45) is 1.82. The minimum absolute atomic E-state index is 0.139. The van der Waals surface area contributed by atoms with E-state index in [2.05, 4.69) is 30.1 Å². The number of hydrogen-bond acceptors (Lipinski definition) is 4. The van der Waals surface area contributed by atoms with Gasteiger partial charge in [-0.1, -0.05) is 38.1 Å². The monoisotopic (exact) mass is 429 g/mol. The van der Waals surface area contributed by atoms with Crippen molar-refractivity contribution >= 4 is 21.6 Å². The SMILES string of the molecule is CCN(CC)Cc1ccccc1CNC(=O)c1ccc2c(c1)C[C@@H](C)N2S(C)(=O)=O. The molecule has 2 aromatic rings. The van der Waals surface area contributed by atoms with Gasteiger partial charge in [-0.2, -0.15) is 0 Å².